The second kappa shape index (κ2) is 6.82. The van der Waals surface area contributed by atoms with Gasteiger partial charge >= 0.3 is 18.2 Å². The predicted molar refractivity (Wildman–Crippen MR) is 70.0 cm³/mol. The van der Waals surface area contributed by atoms with Crippen LogP contribution in [-0.2, 0) is 4.79 Å². The summed E-state index contributed by atoms with van der Waals surface area (Å²) in [4.78, 5) is 22.1. The largest absolute Gasteiger partial charge is 0.479 e. The number of hydrogen-bond acceptors (Lipinski definition) is 3. The zero-order valence-electron chi connectivity index (χ0n) is 11.8. The Morgan fingerprint density at radius 2 is 1.74 bits per heavy atom. The first-order chi connectivity index (χ1) is 10.4. The summed E-state index contributed by atoms with van der Waals surface area (Å²) in [5.74, 6) is -2.39. The second-order valence-corrected chi connectivity index (χ2v) is 4.93. The van der Waals surface area contributed by atoms with Crippen LogP contribution in [0, 0.1) is 5.82 Å². The van der Waals surface area contributed by atoms with Gasteiger partial charge in [-0.2, -0.15) is 13.2 Å². The normalized spacial score (nSPS) is 15.4. The number of alkyl halides is 3. The molecule has 128 valence electrons. The van der Waals surface area contributed by atoms with Crippen LogP contribution >= 0.6 is 0 Å². The van der Waals surface area contributed by atoms with Crippen LogP contribution in [0.5, 0.6) is 0 Å². The summed E-state index contributed by atoms with van der Waals surface area (Å²) in [6.07, 6.45) is -4.86. The molecule has 6 nitrogen and oxygen atoms in total. The minimum atomic E-state index is -4.86. The van der Waals surface area contributed by atoms with E-state index in [1.54, 1.807) is 5.32 Å². The average Bonchev–Trinajstić information content (AvgIpc) is 2.42. The van der Waals surface area contributed by atoms with Crippen molar-refractivity contribution >= 4 is 12.0 Å². The molecule has 1 unspecified atom stereocenters. The Hall–Kier alpha value is -2.36. The fourth-order valence-electron chi connectivity index (χ4n) is 1.52. The molecule has 0 aliphatic rings. The smallest absolute Gasteiger partial charge is 0.412 e. The molecule has 2 amide bonds. The number of aliphatic carboxylic acids is 1. The minimum absolute atomic E-state index is 0.404. The summed E-state index contributed by atoms with van der Waals surface area (Å²) in [6, 6.07) is -0.412. The van der Waals surface area contributed by atoms with Crippen molar-refractivity contribution in [1.29, 1.82) is 0 Å². The van der Waals surface area contributed by atoms with Gasteiger partial charge < -0.3 is 20.8 Å². The van der Waals surface area contributed by atoms with Gasteiger partial charge in [-0.25, -0.2) is 14.0 Å². The predicted octanol–water partition coefficient (Wildman–Crippen LogP) is 1.56. The number of urea groups is 1. The molecule has 10 heteroatoms. The lowest BCUT2D eigenvalue weighted by molar-refractivity contribution is -0.157. The molecule has 0 saturated heterocycles. The summed E-state index contributed by atoms with van der Waals surface area (Å²) in [6.45, 7) is 0.0684. The molecule has 1 aromatic carbocycles. The highest BCUT2D eigenvalue weighted by Gasteiger charge is 2.42. The summed E-state index contributed by atoms with van der Waals surface area (Å²) >= 11 is 0. The molecule has 2 atom stereocenters. The van der Waals surface area contributed by atoms with E-state index in [1.165, 1.54) is 0 Å². The molecule has 0 bridgehead atoms. The highest BCUT2D eigenvalue weighted by Crippen LogP contribution is 2.32. The Morgan fingerprint density at radius 1 is 1.22 bits per heavy atom. The third-order valence-corrected chi connectivity index (χ3v) is 2.86. The van der Waals surface area contributed by atoms with Crippen molar-refractivity contribution < 1.29 is 37.4 Å². The summed E-state index contributed by atoms with van der Waals surface area (Å²) in [5, 5.41) is 21.4. The molecule has 1 aromatic rings. The van der Waals surface area contributed by atoms with Crippen LogP contribution in [0.2, 0.25) is 0 Å². The molecule has 23 heavy (non-hydrogen) atoms. The first-order valence-electron chi connectivity index (χ1n) is 6.26. The van der Waals surface area contributed by atoms with Crippen LogP contribution in [-0.4, -0.2) is 40.5 Å². The second-order valence-electron chi connectivity index (χ2n) is 4.93. The van der Waals surface area contributed by atoms with E-state index in [0.717, 1.165) is 31.2 Å². The minimum Gasteiger partial charge on any atom is -0.479 e. The van der Waals surface area contributed by atoms with Crippen LogP contribution in [0.3, 0.4) is 0 Å². The molecule has 1 rings (SSSR count). The fraction of sp³-hybridized carbons (Fsp3) is 0.385. The van der Waals surface area contributed by atoms with Crippen molar-refractivity contribution in [3.63, 3.8) is 0 Å². The number of hydrogen-bond donors (Lipinski definition) is 4. The lowest BCUT2D eigenvalue weighted by Gasteiger charge is -2.24. The number of benzene rings is 1. The molecule has 0 aliphatic carbocycles. The average molecular weight is 338 g/mol. The highest BCUT2D eigenvalue weighted by atomic mass is 19.4. The van der Waals surface area contributed by atoms with Crippen molar-refractivity contribution in [3.05, 3.63) is 35.6 Å². The van der Waals surface area contributed by atoms with Crippen LogP contribution in [0.25, 0.3) is 0 Å². The highest BCUT2D eigenvalue weighted by molar-refractivity contribution is 5.79. The Bertz CT molecular complexity index is 572. The molecular weight excluding hydrogens is 324 g/mol. The van der Waals surface area contributed by atoms with Crippen LogP contribution in [0.4, 0.5) is 22.4 Å². The fourth-order valence-corrected chi connectivity index (χ4v) is 1.52. The number of nitrogens with one attached hydrogen (secondary N) is 2. The van der Waals surface area contributed by atoms with E-state index in [4.69, 9.17) is 5.11 Å². The molecule has 0 fully saturated rings. The van der Waals surface area contributed by atoms with E-state index in [-0.39, 0.29) is 0 Å². The van der Waals surface area contributed by atoms with Crippen molar-refractivity contribution in [2.75, 3.05) is 6.54 Å². The van der Waals surface area contributed by atoms with Crippen LogP contribution in [0.1, 0.15) is 18.5 Å². The number of aliphatic hydroxyl groups is 1. The molecule has 4 N–H and O–H groups in total. The molecule has 0 aliphatic heterocycles. The van der Waals surface area contributed by atoms with Crippen molar-refractivity contribution in [3.8, 4) is 0 Å². The molecule has 0 heterocycles. The van der Waals surface area contributed by atoms with Gasteiger partial charge in [0.15, 0.2) is 11.6 Å². The van der Waals surface area contributed by atoms with Gasteiger partial charge in [0.1, 0.15) is 5.82 Å². The molecule has 0 aromatic heterocycles. The van der Waals surface area contributed by atoms with E-state index >= 15 is 0 Å². The first kappa shape index (κ1) is 18.7. The van der Waals surface area contributed by atoms with Crippen molar-refractivity contribution in [2.24, 2.45) is 0 Å². The van der Waals surface area contributed by atoms with Gasteiger partial charge in [-0.3, -0.25) is 0 Å². The van der Waals surface area contributed by atoms with Crippen molar-refractivity contribution in [1.82, 2.24) is 10.6 Å². The van der Waals surface area contributed by atoms with Crippen molar-refractivity contribution in [2.45, 2.75) is 24.7 Å². The van der Waals surface area contributed by atoms with Gasteiger partial charge in [0.2, 0.25) is 0 Å². The third kappa shape index (κ3) is 5.40. The Kier molecular flexibility index (Phi) is 5.54. The number of carboxylic acid groups (broad SMARTS) is 1. The van der Waals surface area contributed by atoms with Gasteiger partial charge in [0.25, 0.3) is 0 Å². The lowest BCUT2D eigenvalue weighted by Crippen LogP contribution is -2.51. The molecule has 0 saturated carbocycles. The van der Waals surface area contributed by atoms with Gasteiger partial charge in [0.05, 0.1) is 6.54 Å². The molecule has 0 radical (unpaired) electrons. The van der Waals surface area contributed by atoms with E-state index in [2.05, 4.69) is 0 Å². The van der Waals surface area contributed by atoms with E-state index in [9.17, 15) is 32.3 Å². The number of carbonyl (C=O) groups excluding carboxylic acids is 1. The van der Waals surface area contributed by atoms with E-state index in [0.29, 0.717) is 0 Å². The third-order valence-electron chi connectivity index (χ3n) is 2.86. The maximum Gasteiger partial charge on any atom is 0.412 e. The maximum atomic E-state index is 13.0. The number of halogens is 4. The first-order valence-corrected chi connectivity index (χ1v) is 6.26. The number of carbonyl (C=O) groups is 2. The van der Waals surface area contributed by atoms with Gasteiger partial charge in [-0.15, -0.1) is 0 Å². The zero-order chi connectivity index (χ0) is 17.8. The Labute approximate surface area is 128 Å². The zero-order valence-corrected chi connectivity index (χ0v) is 11.8. The quantitative estimate of drug-likeness (QED) is 0.613. The van der Waals surface area contributed by atoms with E-state index in [1.807, 2.05) is 5.32 Å². The lowest BCUT2D eigenvalue weighted by atomic mass is 10.1. The van der Waals surface area contributed by atoms with Crippen LogP contribution in [0.15, 0.2) is 24.3 Å². The van der Waals surface area contributed by atoms with Crippen LogP contribution < -0.4 is 10.6 Å². The maximum absolute atomic E-state index is 13.0. The standard InChI is InChI=1S/C13H14F4N2O4/c1-12(23,10(20)21)6-18-11(22)19-9(13(15,16)17)7-2-4-8(14)5-3-7/h2-5,9,23H,6H2,1H3,(H,20,21)(H2,18,19,22)/t9-,12?/m1/s1. The number of carboxylic acids is 1. The van der Waals surface area contributed by atoms with Gasteiger partial charge in [0, 0.05) is 0 Å². The molecule has 0 spiro atoms. The topological polar surface area (TPSA) is 98.7 Å². The van der Waals surface area contributed by atoms with Gasteiger partial charge in [-0.05, 0) is 24.6 Å². The SMILES string of the molecule is CC(O)(CNC(=O)N[C@H](c1ccc(F)cc1)C(F)(F)F)C(=O)O. The summed E-state index contributed by atoms with van der Waals surface area (Å²) in [5.41, 5.74) is -2.74. The van der Waals surface area contributed by atoms with E-state index < -0.39 is 47.7 Å². The summed E-state index contributed by atoms with van der Waals surface area (Å²) in [7, 11) is 0. The summed E-state index contributed by atoms with van der Waals surface area (Å²) < 4.78 is 51.7. The number of rotatable bonds is 5. The van der Waals surface area contributed by atoms with Gasteiger partial charge in [-0.1, -0.05) is 12.1 Å². The number of amides is 2. The monoisotopic (exact) mass is 338 g/mol. The Balaban J connectivity index is 2.81. The molecular formula is C13H14F4N2O4. The Morgan fingerprint density at radius 3 is 2.17 bits per heavy atom.